The molecule has 4 heterocycles. The van der Waals surface area contributed by atoms with Crippen LogP contribution in [0.1, 0.15) is 68.2 Å². The molecule has 2 fully saturated rings. The van der Waals surface area contributed by atoms with Crippen molar-refractivity contribution in [3.8, 4) is 0 Å². The molecule has 2 aliphatic heterocycles. The van der Waals surface area contributed by atoms with Crippen molar-refractivity contribution in [1.29, 1.82) is 0 Å². The van der Waals surface area contributed by atoms with Crippen LogP contribution in [0.5, 0.6) is 0 Å². The number of benzene rings is 2. The summed E-state index contributed by atoms with van der Waals surface area (Å²) in [6, 6.07) is 0. The molecule has 200 valence electrons. The van der Waals surface area contributed by atoms with Crippen molar-refractivity contribution in [2.75, 3.05) is 0 Å². The molecule has 0 N–H and O–H groups in total. The van der Waals surface area contributed by atoms with Gasteiger partial charge < -0.3 is 18.6 Å². The van der Waals surface area contributed by atoms with Crippen LogP contribution in [0.3, 0.4) is 0 Å². The topological polar surface area (TPSA) is 115 Å². The SMILES string of the molecule is CC1(C)CC(C)(C)OB(c2c(F)c3c4nonc4c(B4OC(C)(C)CC(C)(C)O4)c(F)c3c3nonc23)O1. The van der Waals surface area contributed by atoms with Gasteiger partial charge in [0.2, 0.25) is 0 Å². The highest BCUT2D eigenvalue weighted by atomic mass is 19.1. The third-order valence-electron chi connectivity index (χ3n) is 7.00. The third kappa shape index (κ3) is 4.00. The van der Waals surface area contributed by atoms with Crippen LogP contribution in [0.2, 0.25) is 0 Å². The van der Waals surface area contributed by atoms with Gasteiger partial charge in [0.1, 0.15) is 33.7 Å². The summed E-state index contributed by atoms with van der Waals surface area (Å²) in [5, 5.41) is 15.3. The van der Waals surface area contributed by atoms with Crippen LogP contribution >= 0.6 is 0 Å². The van der Waals surface area contributed by atoms with Crippen molar-refractivity contribution in [2.45, 2.75) is 90.6 Å². The predicted molar refractivity (Wildman–Crippen MR) is 135 cm³/mol. The molecular formula is C24H28B2F2N4O6. The van der Waals surface area contributed by atoms with E-state index in [9.17, 15) is 0 Å². The Bertz CT molecular complexity index is 1450. The van der Waals surface area contributed by atoms with Crippen molar-refractivity contribution in [1.82, 2.24) is 20.6 Å². The number of fused-ring (bicyclic) bond motifs is 5. The Hall–Kier alpha value is -2.67. The summed E-state index contributed by atoms with van der Waals surface area (Å²) < 4.78 is 67.6. The lowest BCUT2D eigenvalue weighted by Gasteiger charge is -2.44. The van der Waals surface area contributed by atoms with Gasteiger partial charge in [-0.25, -0.2) is 18.0 Å². The van der Waals surface area contributed by atoms with Gasteiger partial charge in [0.15, 0.2) is 0 Å². The second-order valence-electron chi connectivity index (χ2n) is 12.7. The fraction of sp³-hybridized carbons (Fsp3) is 0.583. The summed E-state index contributed by atoms with van der Waals surface area (Å²) >= 11 is 0. The van der Waals surface area contributed by atoms with E-state index in [0.717, 1.165) is 0 Å². The van der Waals surface area contributed by atoms with Gasteiger partial charge in [0.25, 0.3) is 0 Å². The predicted octanol–water partition coefficient (Wildman–Crippen LogP) is 3.57. The highest BCUT2D eigenvalue weighted by Gasteiger charge is 2.49. The van der Waals surface area contributed by atoms with Gasteiger partial charge in [-0.3, -0.25) is 0 Å². The van der Waals surface area contributed by atoms with Gasteiger partial charge in [-0.05, 0) is 65.7 Å². The van der Waals surface area contributed by atoms with E-state index in [1.807, 2.05) is 55.4 Å². The quantitative estimate of drug-likeness (QED) is 0.358. The largest absolute Gasteiger partial charge is 0.500 e. The van der Waals surface area contributed by atoms with Gasteiger partial charge >= 0.3 is 14.2 Å². The van der Waals surface area contributed by atoms with E-state index in [4.69, 9.17) is 27.9 Å². The summed E-state index contributed by atoms with van der Waals surface area (Å²) in [4.78, 5) is 0. The van der Waals surface area contributed by atoms with Crippen molar-refractivity contribution >= 4 is 58.0 Å². The summed E-state index contributed by atoms with van der Waals surface area (Å²) in [7, 11) is -2.34. The molecule has 0 saturated carbocycles. The zero-order valence-corrected chi connectivity index (χ0v) is 22.6. The van der Waals surface area contributed by atoms with Crippen LogP contribution in [0, 0.1) is 11.6 Å². The highest BCUT2D eigenvalue weighted by Crippen LogP contribution is 2.38. The molecule has 2 aromatic heterocycles. The molecular weight excluding hydrogens is 500 g/mol. The Balaban J connectivity index is 1.65. The zero-order chi connectivity index (χ0) is 27.4. The molecule has 0 atom stereocenters. The number of rotatable bonds is 2. The molecule has 4 aromatic rings. The molecule has 0 amide bonds. The van der Waals surface area contributed by atoms with Crippen LogP contribution in [0.15, 0.2) is 9.26 Å². The molecule has 0 unspecified atom stereocenters. The summed E-state index contributed by atoms with van der Waals surface area (Å²) in [6.45, 7) is 15.1. The second-order valence-corrected chi connectivity index (χ2v) is 12.7. The summed E-state index contributed by atoms with van der Waals surface area (Å²) in [5.41, 5.74) is -2.83. The standard InChI is InChI=1S/C24H28B2F2N4O6/c1-21(2)9-22(3,4)34-25(33-21)13-15(27)11-12(17-19(13)31-37-29-17)16(28)14(20-18(11)30-38-32-20)26-35-23(5,6)10-24(7,8)36-26/h9-10H2,1-8H3. The Morgan fingerprint density at radius 1 is 0.526 bits per heavy atom. The van der Waals surface area contributed by atoms with E-state index in [1.54, 1.807) is 0 Å². The Morgan fingerprint density at radius 3 is 1.13 bits per heavy atom. The lowest BCUT2D eigenvalue weighted by atomic mass is 9.69. The first-order valence-electron chi connectivity index (χ1n) is 12.5. The fourth-order valence-corrected chi connectivity index (χ4v) is 6.29. The lowest BCUT2D eigenvalue weighted by Crippen LogP contribution is -2.57. The number of aromatic nitrogens is 4. The van der Waals surface area contributed by atoms with E-state index in [-0.39, 0.29) is 43.8 Å². The Kier molecular flexibility index (Phi) is 5.35. The first-order chi connectivity index (χ1) is 17.6. The van der Waals surface area contributed by atoms with Crippen molar-refractivity contribution in [3.05, 3.63) is 11.6 Å². The third-order valence-corrected chi connectivity index (χ3v) is 7.00. The molecule has 10 nitrogen and oxygen atoms in total. The maximum atomic E-state index is 16.6. The van der Waals surface area contributed by atoms with Crippen LogP contribution in [-0.4, -0.2) is 57.3 Å². The number of halogens is 2. The van der Waals surface area contributed by atoms with Gasteiger partial charge in [0, 0.05) is 12.8 Å². The number of nitrogens with zero attached hydrogens (tertiary/aromatic N) is 4. The Morgan fingerprint density at radius 2 is 0.816 bits per heavy atom. The average molecular weight is 528 g/mol. The van der Waals surface area contributed by atoms with Gasteiger partial charge in [-0.15, -0.1) is 0 Å². The molecule has 0 radical (unpaired) electrons. The molecule has 2 saturated heterocycles. The average Bonchev–Trinajstić information content (AvgIpc) is 3.38. The molecule has 2 aromatic carbocycles. The van der Waals surface area contributed by atoms with Crippen LogP contribution in [0.25, 0.3) is 32.8 Å². The zero-order valence-electron chi connectivity index (χ0n) is 22.6. The van der Waals surface area contributed by atoms with E-state index < -0.39 is 48.3 Å². The number of hydrogen-bond acceptors (Lipinski definition) is 10. The molecule has 38 heavy (non-hydrogen) atoms. The van der Waals surface area contributed by atoms with Gasteiger partial charge in [-0.2, -0.15) is 0 Å². The van der Waals surface area contributed by atoms with Crippen LogP contribution in [0.4, 0.5) is 8.78 Å². The summed E-state index contributed by atoms with van der Waals surface area (Å²) in [6.07, 6.45) is 1.13. The smallest absolute Gasteiger partial charge is 0.402 e. The first-order valence-corrected chi connectivity index (χ1v) is 12.5. The highest BCUT2D eigenvalue weighted by molar-refractivity contribution is 6.67. The van der Waals surface area contributed by atoms with E-state index in [2.05, 4.69) is 20.6 Å². The second kappa shape index (κ2) is 7.93. The molecule has 0 bridgehead atoms. The minimum atomic E-state index is -1.17. The van der Waals surface area contributed by atoms with Crippen molar-refractivity contribution < 1.29 is 36.7 Å². The maximum Gasteiger partial charge on any atom is 0.500 e. The van der Waals surface area contributed by atoms with Crippen LogP contribution < -0.4 is 10.9 Å². The maximum absolute atomic E-state index is 16.6. The van der Waals surface area contributed by atoms with Crippen molar-refractivity contribution in [2.24, 2.45) is 0 Å². The minimum absolute atomic E-state index is 0.0252. The summed E-state index contributed by atoms with van der Waals surface area (Å²) in [5.74, 6) is -1.70. The monoisotopic (exact) mass is 528 g/mol. The Labute approximate surface area is 217 Å². The fourth-order valence-electron chi connectivity index (χ4n) is 6.29. The van der Waals surface area contributed by atoms with E-state index in [0.29, 0.717) is 12.8 Å². The molecule has 2 aliphatic rings. The number of hydrogen-bond donors (Lipinski definition) is 0. The van der Waals surface area contributed by atoms with Crippen LogP contribution in [-0.2, 0) is 18.6 Å². The molecule has 0 aliphatic carbocycles. The van der Waals surface area contributed by atoms with Gasteiger partial charge in [-0.1, -0.05) is 10.3 Å². The molecule has 6 rings (SSSR count). The van der Waals surface area contributed by atoms with E-state index in [1.165, 1.54) is 0 Å². The van der Waals surface area contributed by atoms with Crippen molar-refractivity contribution in [3.63, 3.8) is 0 Å². The normalized spacial score (nSPS) is 22.6. The van der Waals surface area contributed by atoms with E-state index >= 15 is 8.78 Å². The molecule has 14 heteroatoms. The molecule has 0 spiro atoms. The minimum Gasteiger partial charge on any atom is -0.402 e. The lowest BCUT2D eigenvalue weighted by molar-refractivity contribution is -0.0726. The van der Waals surface area contributed by atoms with Gasteiger partial charge in [0.05, 0.1) is 44.1 Å². The first kappa shape index (κ1) is 25.6.